The molecule has 0 saturated carbocycles. The highest BCUT2D eigenvalue weighted by Crippen LogP contribution is 2.18. The second-order valence-corrected chi connectivity index (χ2v) is 6.47. The van der Waals surface area contributed by atoms with Crippen LogP contribution in [0.2, 0.25) is 0 Å². The predicted octanol–water partition coefficient (Wildman–Crippen LogP) is 1.84. The number of piperazine rings is 1. The average molecular weight is 415 g/mol. The lowest BCUT2D eigenvalue weighted by atomic mass is 10.1. The first kappa shape index (κ1) is 20.9. The Morgan fingerprint density at radius 1 is 0.900 bits per heavy atom. The molecular weight excluding hydrogens is 394 g/mol. The van der Waals surface area contributed by atoms with E-state index in [1.54, 1.807) is 17.0 Å². The number of ether oxygens (including phenoxy) is 2. The molecule has 2 aromatic rings. The molecule has 1 saturated heterocycles. The normalized spacial score (nSPS) is 13.5. The Labute approximate surface area is 172 Å². The first-order valence-electron chi connectivity index (χ1n) is 9.13. The maximum absolute atomic E-state index is 12.6. The summed E-state index contributed by atoms with van der Waals surface area (Å²) in [7, 11) is 2.43. The van der Waals surface area contributed by atoms with Gasteiger partial charge in [0.25, 0.3) is 5.91 Å². The van der Waals surface area contributed by atoms with Crippen molar-refractivity contribution in [2.24, 2.45) is 0 Å². The van der Waals surface area contributed by atoms with E-state index >= 15 is 0 Å². The molecule has 1 aliphatic heterocycles. The van der Waals surface area contributed by atoms with Gasteiger partial charge in [-0.1, -0.05) is 0 Å². The summed E-state index contributed by atoms with van der Waals surface area (Å²) < 4.78 is 14.5. The molecule has 1 fully saturated rings. The number of esters is 2. The van der Waals surface area contributed by atoms with Crippen molar-refractivity contribution in [1.29, 1.82) is 0 Å². The number of nitrogens with one attached hydrogen (secondary N) is 1. The standard InChI is InChI=1S/C20H21N3O7/c1-28-18(25)13-10-14(19(26)29-2)12-15(11-13)21-20(27)23-7-5-22(6-8-23)17(24)16-4-3-9-30-16/h3-4,9-12H,5-8H2,1-2H3,(H,21,27). The van der Waals surface area contributed by atoms with Crippen molar-refractivity contribution < 1.29 is 33.1 Å². The number of anilines is 1. The van der Waals surface area contributed by atoms with Crippen molar-refractivity contribution in [2.75, 3.05) is 45.7 Å². The van der Waals surface area contributed by atoms with Crippen molar-refractivity contribution >= 4 is 29.6 Å². The maximum atomic E-state index is 12.6. The van der Waals surface area contributed by atoms with Crippen LogP contribution in [0.4, 0.5) is 10.5 Å². The largest absolute Gasteiger partial charge is 0.465 e. The van der Waals surface area contributed by atoms with Crippen molar-refractivity contribution in [3.05, 3.63) is 53.5 Å². The van der Waals surface area contributed by atoms with Gasteiger partial charge in [0.1, 0.15) is 0 Å². The van der Waals surface area contributed by atoms with Gasteiger partial charge >= 0.3 is 18.0 Å². The fourth-order valence-electron chi connectivity index (χ4n) is 3.04. The molecule has 1 aliphatic rings. The predicted molar refractivity (Wildman–Crippen MR) is 104 cm³/mol. The Balaban J connectivity index is 1.66. The van der Waals surface area contributed by atoms with Crippen molar-refractivity contribution in [1.82, 2.24) is 9.80 Å². The summed E-state index contributed by atoms with van der Waals surface area (Å²) >= 11 is 0. The number of rotatable bonds is 4. The minimum absolute atomic E-state index is 0.101. The number of urea groups is 1. The van der Waals surface area contributed by atoms with E-state index in [-0.39, 0.29) is 28.5 Å². The fourth-order valence-corrected chi connectivity index (χ4v) is 3.04. The molecule has 1 aromatic heterocycles. The van der Waals surface area contributed by atoms with E-state index in [0.717, 1.165) is 0 Å². The molecule has 3 rings (SSSR count). The number of hydrogen-bond acceptors (Lipinski definition) is 7. The van der Waals surface area contributed by atoms with Crippen molar-refractivity contribution in [2.45, 2.75) is 0 Å². The van der Waals surface area contributed by atoms with Gasteiger partial charge in [-0.05, 0) is 30.3 Å². The summed E-state index contributed by atoms with van der Waals surface area (Å²) in [6.07, 6.45) is 1.43. The number of hydrogen-bond donors (Lipinski definition) is 1. The van der Waals surface area contributed by atoms with E-state index in [2.05, 4.69) is 14.8 Å². The Kier molecular flexibility index (Phi) is 6.35. The van der Waals surface area contributed by atoms with Gasteiger partial charge in [0.2, 0.25) is 0 Å². The Morgan fingerprint density at radius 3 is 1.97 bits per heavy atom. The van der Waals surface area contributed by atoms with Gasteiger partial charge in [0, 0.05) is 31.9 Å². The topological polar surface area (TPSA) is 118 Å². The third-order valence-corrected chi connectivity index (χ3v) is 4.61. The molecule has 0 radical (unpaired) electrons. The maximum Gasteiger partial charge on any atom is 0.337 e. The van der Waals surface area contributed by atoms with Crippen LogP contribution in [-0.2, 0) is 9.47 Å². The molecular formula is C20H21N3O7. The van der Waals surface area contributed by atoms with E-state index in [1.165, 1.54) is 43.6 Å². The third-order valence-electron chi connectivity index (χ3n) is 4.61. The monoisotopic (exact) mass is 415 g/mol. The van der Waals surface area contributed by atoms with Gasteiger partial charge in [-0.2, -0.15) is 0 Å². The van der Waals surface area contributed by atoms with Crippen LogP contribution >= 0.6 is 0 Å². The number of furan rings is 1. The molecule has 10 heteroatoms. The van der Waals surface area contributed by atoms with Crippen LogP contribution < -0.4 is 5.32 Å². The van der Waals surface area contributed by atoms with Crippen LogP contribution in [0.5, 0.6) is 0 Å². The average Bonchev–Trinajstić information content (AvgIpc) is 3.32. The highest BCUT2D eigenvalue weighted by molar-refractivity contribution is 5.99. The highest BCUT2D eigenvalue weighted by Gasteiger charge is 2.26. The summed E-state index contributed by atoms with van der Waals surface area (Å²) in [4.78, 5) is 51.8. The van der Waals surface area contributed by atoms with Crippen LogP contribution in [0.3, 0.4) is 0 Å². The zero-order valence-corrected chi connectivity index (χ0v) is 16.5. The summed E-state index contributed by atoms with van der Waals surface area (Å²) in [5, 5.41) is 2.67. The quantitative estimate of drug-likeness (QED) is 0.757. The molecule has 3 amide bonds. The number of carbonyl (C=O) groups is 4. The minimum atomic E-state index is -0.652. The van der Waals surface area contributed by atoms with E-state index in [1.807, 2.05) is 0 Å². The van der Waals surface area contributed by atoms with Gasteiger partial charge in [-0.3, -0.25) is 4.79 Å². The van der Waals surface area contributed by atoms with Crippen molar-refractivity contribution in [3.8, 4) is 0 Å². The van der Waals surface area contributed by atoms with Crippen LogP contribution in [0, 0.1) is 0 Å². The molecule has 30 heavy (non-hydrogen) atoms. The molecule has 10 nitrogen and oxygen atoms in total. The summed E-state index contributed by atoms with van der Waals surface area (Å²) in [6, 6.07) is 6.96. The lowest BCUT2D eigenvalue weighted by Gasteiger charge is -2.34. The lowest BCUT2D eigenvalue weighted by Crippen LogP contribution is -2.51. The highest BCUT2D eigenvalue weighted by atomic mass is 16.5. The number of methoxy groups -OCH3 is 2. The molecule has 0 aliphatic carbocycles. The lowest BCUT2D eigenvalue weighted by molar-refractivity contribution is 0.0597. The molecule has 0 spiro atoms. The number of amides is 3. The molecule has 2 heterocycles. The molecule has 1 aromatic carbocycles. The van der Waals surface area contributed by atoms with Gasteiger partial charge in [0.05, 0.1) is 31.6 Å². The number of benzene rings is 1. The van der Waals surface area contributed by atoms with Crippen LogP contribution in [-0.4, -0.2) is 74.1 Å². The van der Waals surface area contributed by atoms with Crippen LogP contribution in [0.15, 0.2) is 41.0 Å². The molecule has 0 bridgehead atoms. The van der Waals surface area contributed by atoms with Gasteiger partial charge < -0.3 is 29.0 Å². The first-order valence-corrected chi connectivity index (χ1v) is 9.13. The fraction of sp³-hybridized carbons (Fsp3) is 0.300. The smallest absolute Gasteiger partial charge is 0.337 e. The van der Waals surface area contributed by atoms with E-state index in [4.69, 9.17) is 4.42 Å². The summed E-state index contributed by atoms with van der Waals surface area (Å²) in [6.45, 7) is 1.34. The van der Waals surface area contributed by atoms with E-state index in [9.17, 15) is 19.2 Å². The summed E-state index contributed by atoms with van der Waals surface area (Å²) in [5.74, 6) is -1.28. The van der Waals surface area contributed by atoms with Gasteiger partial charge in [-0.25, -0.2) is 14.4 Å². The Hall–Kier alpha value is -3.82. The van der Waals surface area contributed by atoms with E-state index in [0.29, 0.717) is 26.2 Å². The first-order chi connectivity index (χ1) is 14.4. The summed E-state index contributed by atoms with van der Waals surface area (Å²) in [5.41, 5.74) is 0.450. The molecule has 0 unspecified atom stereocenters. The zero-order chi connectivity index (χ0) is 21.7. The van der Waals surface area contributed by atoms with Gasteiger partial charge in [-0.15, -0.1) is 0 Å². The second-order valence-electron chi connectivity index (χ2n) is 6.47. The Bertz CT molecular complexity index is 913. The molecule has 1 N–H and O–H groups in total. The van der Waals surface area contributed by atoms with Crippen molar-refractivity contribution in [3.63, 3.8) is 0 Å². The van der Waals surface area contributed by atoms with Crippen LogP contribution in [0.1, 0.15) is 31.3 Å². The minimum Gasteiger partial charge on any atom is -0.465 e. The van der Waals surface area contributed by atoms with Gasteiger partial charge in [0.15, 0.2) is 5.76 Å². The van der Waals surface area contributed by atoms with E-state index < -0.39 is 18.0 Å². The zero-order valence-electron chi connectivity index (χ0n) is 16.5. The number of carbonyl (C=O) groups excluding carboxylic acids is 4. The molecule has 158 valence electrons. The third kappa shape index (κ3) is 4.59. The van der Waals surface area contributed by atoms with Crippen LogP contribution in [0.25, 0.3) is 0 Å². The molecule has 0 atom stereocenters. The Morgan fingerprint density at radius 2 is 1.47 bits per heavy atom. The SMILES string of the molecule is COC(=O)c1cc(NC(=O)N2CCN(C(=O)c3ccco3)CC2)cc(C(=O)OC)c1. The second kappa shape index (κ2) is 9.12. The number of nitrogens with zero attached hydrogens (tertiary/aromatic N) is 2.